The van der Waals surface area contributed by atoms with E-state index in [0.29, 0.717) is 10.8 Å². The number of thiazole rings is 1. The molecule has 0 atom stereocenters. The van der Waals surface area contributed by atoms with Crippen molar-refractivity contribution < 1.29 is 13.2 Å². The van der Waals surface area contributed by atoms with Crippen molar-refractivity contribution >= 4 is 42.4 Å². The van der Waals surface area contributed by atoms with Gasteiger partial charge >= 0.3 is 0 Å². The third kappa shape index (κ3) is 4.03. The largest absolute Gasteiger partial charge is 0.278 e. The summed E-state index contributed by atoms with van der Waals surface area (Å²) >= 11 is 1.38. The Bertz CT molecular complexity index is 1250. The van der Waals surface area contributed by atoms with Crippen molar-refractivity contribution in [2.45, 2.75) is 11.4 Å². The molecule has 4 aromatic rings. The van der Waals surface area contributed by atoms with Crippen LogP contribution in [0.5, 0.6) is 0 Å². The van der Waals surface area contributed by atoms with E-state index in [4.69, 9.17) is 0 Å². The van der Waals surface area contributed by atoms with Crippen molar-refractivity contribution in [2.24, 2.45) is 0 Å². The average Bonchev–Trinajstić information content (AvgIpc) is 3.15. The highest BCUT2D eigenvalue weighted by Crippen LogP contribution is 2.31. The number of nitrogens with zero attached hydrogens (tertiary/aromatic N) is 3. The first-order chi connectivity index (χ1) is 13.9. The molecular formula is C21H17N3O3S2. The van der Waals surface area contributed by atoms with Gasteiger partial charge in [-0.05, 0) is 36.4 Å². The van der Waals surface area contributed by atoms with E-state index in [2.05, 4.69) is 9.97 Å². The fraction of sp³-hybridized carbons (Fsp3) is 0.0952. The van der Waals surface area contributed by atoms with Crippen LogP contribution >= 0.6 is 11.3 Å². The number of amides is 1. The zero-order valence-corrected chi connectivity index (χ0v) is 17.2. The zero-order valence-electron chi connectivity index (χ0n) is 15.5. The van der Waals surface area contributed by atoms with Gasteiger partial charge in [0, 0.05) is 12.5 Å². The molecule has 6 nitrogen and oxygen atoms in total. The summed E-state index contributed by atoms with van der Waals surface area (Å²) in [6.07, 6.45) is 2.75. The molecule has 2 aromatic heterocycles. The summed E-state index contributed by atoms with van der Waals surface area (Å²) in [7, 11) is -3.57. The van der Waals surface area contributed by atoms with E-state index in [0.717, 1.165) is 16.5 Å². The number of carbonyl (C=O) groups excluding carboxylic acids is 1. The predicted octanol–water partition coefficient (Wildman–Crippen LogP) is 3.94. The summed E-state index contributed by atoms with van der Waals surface area (Å²) in [5.41, 5.74) is 1.57. The van der Waals surface area contributed by atoms with Crippen LogP contribution in [0.1, 0.15) is 16.1 Å². The monoisotopic (exact) mass is 423 g/mol. The van der Waals surface area contributed by atoms with E-state index < -0.39 is 15.7 Å². The van der Waals surface area contributed by atoms with Gasteiger partial charge in [-0.25, -0.2) is 13.4 Å². The lowest BCUT2D eigenvalue weighted by Gasteiger charge is -2.20. The second-order valence-corrected chi connectivity index (χ2v) is 9.44. The zero-order chi connectivity index (χ0) is 20.4. The van der Waals surface area contributed by atoms with Crippen LogP contribution in [0.3, 0.4) is 0 Å². The summed E-state index contributed by atoms with van der Waals surface area (Å²) in [5.74, 6) is -0.435. The molecule has 0 radical (unpaired) electrons. The first-order valence-corrected chi connectivity index (χ1v) is 11.5. The Morgan fingerprint density at radius 2 is 1.72 bits per heavy atom. The second-order valence-electron chi connectivity index (χ2n) is 6.44. The van der Waals surface area contributed by atoms with Crippen molar-refractivity contribution in [2.75, 3.05) is 11.2 Å². The highest BCUT2D eigenvalue weighted by atomic mass is 32.2. The number of carbonyl (C=O) groups is 1. The lowest BCUT2D eigenvalue weighted by Crippen LogP contribution is -2.31. The smallest absolute Gasteiger partial charge is 0.261 e. The number of benzene rings is 2. The number of para-hydroxylation sites is 1. The van der Waals surface area contributed by atoms with Gasteiger partial charge in [-0.3, -0.25) is 14.7 Å². The van der Waals surface area contributed by atoms with Gasteiger partial charge in [0.1, 0.15) is 0 Å². The Morgan fingerprint density at radius 1 is 1.00 bits per heavy atom. The molecule has 0 bridgehead atoms. The number of fused-ring (bicyclic) bond motifs is 1. The maximum absolute atomic E-state index is 13.5. The molecule has 0 aliphatic rings. The van der Waals surface area contributed by atoms with E-state index in [9.17, 15) is 13.2 Å². The highest BCUT2D eigenvalue weighted by molar-refractivity contribution is 7.90. The molecular weight excluding hydrogens is 406 g/mol. The molecule has 0 saturated heterocycles. The van der Waals surface area contributed by atoms with Crippen molar-refractivity contribution in [3.05, 3.63) is 84.2 Å². The molecule has 0 spiro atoms. The minimum absolute atomic E-state index is 0.00266. The van der Waals surface area contributed by atoms with Crippen LogP contribution in [0.4, 0.5) is 5.13 Å². The van der Waals surface area contributed by atoms with E-state index in [-0.39, 0.29) is 17.0 Å². The standard InChI is InChI=1S/C21H17N3O3S2/c1-29(26,27)19-12-5-2-9-16(19)20(25)24(14-15-8-6-7-13-22-15)21-23-17-10-3-4-11-18(17)28-21/h2-13H,14H2,1H3. The molecule has 0 fully saturated rings. The Morgan fingerprint density at radius 3 is 2.45 bits per heavy atom. The molecule has 0 aliphatic heterocycles. The van der Waals surface area contributed by atoms with E-state index in [1.807, 2.05) is 36.4 Å². The number of pyridine rings is 1. The van der Waals surface area contributed by atoms with Gasteiger partial charge < -0.3 is 0 Å². The number of aromatic nitrogens is 2. The lowest BCUT2D eigenvalue weighted by atomic mass is 10.2. The van der Waals surface area contributed by atoms with Crippen molar-refractivity contribution in [3.8, 4) is 0 Å². The van der Waals surface area contributed by atoms with Crippen LogP contribution in [0.25, 0.3) is 10.2 Å². The topological polar surface area (TPSA) is 80.2 Å². The van der Waals surface area contributed by atoms with Crippen LogP contribution in [-0.2, 0) is 16.4 Å². The maximum Gasteiger partial charge on any atom is 0.261 e. The molecule has 1 amide bonds. The minimum Gasteiger partial charge on any atom is -0.278 e. The third-order valence-electron chi connectivity index (χ3n) is 4.32. The normalized spacial score (nSPS) is 11.5. The molecule has 0 aliphatic carbocycles. The molecule has 0 unspecified atom stereocenters. The lowest BCUT2D eigenvalue weighted by molar-refractivity contribution is 0.0981. The number of rotatable bonds is 5. The molecule has 0 N–H and O–H groups in total. The third-order valence-corrected chi connectivity index (χ3v) is 6.54. The summed E-state index contributed by atoms with van der Waals surface area (Å²) in [5, 5.41) is 0.491. The minimum atomic E-state index is -3.57. The van der Waals surface area contributed by atoms with Crippen LogP contribution in [0.15, 0.2) is 77.8 Å². The summed E-state index contributed by atoms with van der Waals surface area (Å²) in [4.78, 5) is 23.9. The van der Waals surface area contributed by atoms with Crippen molar-refractivity contribution in [1.29, 1.82) is 0 Å². The molecule has 29 heavy (non-hydrogen) atoms. The summed E-state index contributed by atoms with van der Waals surface area (Å²) in [6, 6.07) is 19.3. The number of anilines is 1. The summed E-state index contributed by atoms with van der Waals surface area (Å²) in [6.45, 7) is 0.178. The quantitative estimate of drug-likeness (QED) is 0.486. The first kappa shape index (κ1) is 19.2. The summed E-state index contributed by atoms with van der Waals surface area (Å²) < 4.78 is 25.4. The van der Waals surface area contributed by atoms with Crippen LogP contribution < -0.4 is 4.90 Å². The molecule has 0 saturated carbocycles. The molecule has 4 rings (SSSR count). The van der Waals surface area contributed by atoms with Crippen LogP contribution in [-0.4, -0.2) is 30.5 Å². The number of hydrogen-bond donors (Lipinski definition) is 0. The predicted molar refractivity (Wildman–Crippen MR) is 114 cm³/mol. The SMILES string of the molecule is CS(=O)(=O)c1ccccc1C(=O)N(Cc1ccccn1)c1nc2ccccc2s1. The molecule has 146 valence electrons. The van der Waals surface area contributed by atoms with Gasteiger partial charge in [-0.1, -0.05) is 41.7 Å². The van der Waals surface area contributed by atoms with Gasteiger partial charge in [0.05, 0.1) is 32.9 Å². The highest BCUT2D eigenvalue weighted by Gasteiger charge is 2.26. The Kier molecular flexibility index (Phi) is 5.12. The fourth-order valence-corrected chi connectivity index (χ4v) is 4.81. The second kappa shape index (κ2) is 7.73. The van der Waals surface area contributed by atoms with Gasteiger partial charge in [-0.15, -0.1) is 0 Å². The van der Waals surface area contributed by atoms with Crippen molar-refractivity contribution in [3.63, 3.8) is 0 Å². The maximum atomic E-state index is 13.5. The number of sulfone groups is 1. The first-order valence-electron chi connectivity index (χ1n) is 8.80. The van der Waals surface area contributed by atoms with E-state index in [1.165, 1.54) is 28.4 Å². The van der Waals surface area contributed by atoms with Crippen LogP contribution in [0, 0.1) is 0 Å². The van der Waals surface area contributed by atoms with Gasteiger partial charge in [0.2, 0.25) is 0 Å². The Labute approximate surface area is 172 Å². The van der Waals surface area contributed by atoms with E-state index >= 15 is 0 Å². The molecule has 2 aromatic carbocycles. The van der Waals surface area contributed by atoms with Gasteiger partial charge in [0.25, 0.3) is 5.91 Å². The van der Waals surface area contributed by atoms with Gasteiger partial charge in [-0.2, -0.15) is 0 Å². The van der Waals surface area contributed by atoms with Gasteiger partial charge in [0.15, 0.2) is 15.0 Å². The number of hydrogen-bond acceptors (Lipinski definition) is 6. The fourth-order valence-electron chi connectivity index (χ4n) is 2.97. The molecule has 2 heterocycles. The average molecular weight is 424 g/mol. The van der Waals surface area contributed by atoms with Crippen molar-refractivity contribution in [1.82, 2.24) is 9.97 Å². The Balaban J connectivity index is 1.83. The molecule has 8 heteroatoms. The van der Waals surface area contributed by atoms with Crippen LogP contribution in [0.2, 0.25) is 0 Å². The van der Waals surface area contributed by atoms with E-state index in [1.54, 1.807) is 24.4 Å². The Hall–Kier alpha value is -3.10.